The Kier molecular flexibility index (Phi) is 6.41. The van der Waals surface area contributed by atoms with Gasteiger partial charge in [0.05, 0.1) is 12.7 Å². The predicted octanol–water partition coefficient (Wildman–Crippen LogP) is 3.22. The molecular weight excluding hydrogens is 406 g/mol. The summed E-state index contributed by atoms with van der Waals surface area (Å²) in [5, 5.41) is 7.88. The molecule has 156 valence electrons. The minimum Gasteiger partial charge on any atom is -0.493 e. The molecule has 1 aliphatic heterocycles. The maximum absolute atomic E-state index is 12.5. The van der Waals surface area contributed by atoms with E-state index in [4.69, 9.17) is 9.47 Å². The van der Waals surface area contributed by atoms with Crippen LogP contribution in [0.15, 0.2) is 47.6 Å². The Morgan fingerprint density at radius 1 is 1.10 bits per heavy atom. The first kappa shape index (κ1) is 21.4. The number of amidine groups is 1. The molecule has 2 aromatic carbocycles. The van der Waals surface area contributed by atoms with Crippen LogP contribution in [0.3, 0.4) is 0 Å². The minimum atomic E-state index is -0.498. The molecule has 2 amide bonds. The van der Waals surface area contributed by atoms with Gasteiger partial charge in [-0.15, -0.1) is 5.10 Å². The monoisotopic (exact) mass is 427 g/mol. The van der Waals surface area contributed by atoms with Crippen molar-refractivity contribution in [3.63, 3.8) is 0 Å². The van der Waals surface area contributed by atoms with Crippen molar-refractivity contribution < 1.29 is 23.9 Å². The molecule has 2 aromatic rings. The lowest BCUT2D eigenvalue weighted by Crippen LogP contribution is -2.25. The number of carbonyl (C=O) groups excluding carboxylic acids is 3. The molecule has 1 heterocycles. The van der Waals surface area contributed by atoms with Crippen molar-refractivity contribution in [3.8, 4) is 11.5 Å². The second-order valence-corrected chi connectivity index (χ2v) is 7.66. The number of hydrazone groups is 1. The Morgan fingerprint density at radius 2 is 1.87 bits per heavy atom. The maximum Gasteiger partial charge on any atom is 0.343 e. The van der Waals surface area contributed by atoms with Gasteiger partial charge in [0.15, 0.2) is 16.7 Å². The van der Waals surface area contributed by atoms with Crippen LogP contribution in [0.5, 0.6) is 11.5 Å². The Morgan fingerprint density at radius 3 is 2.50 bits per heavy atom. The first-order valence-corrected chi connectivity index (χ1v) is 9.96. The summed E-state index contributed by atoms with van der Waals surface area (Å²) in [6.07, 6.45) is 0. The average Bonchev–Trinajstić information content (AvgIpc) is 3.11. The fraction of sp³-hybridized carbons (Fsp3) is 0.238. The first-order valence-electron chi connectivity index (χ1n) is 9.08. The third kappa shape index (κ3) is 4.80. The van der Waals surface area contributed by atoms with Gasteiger partial charge >= 0.3 is 5.97 Å². The fourth-order valence-corrected chi connectivity index (χ4v) is 3.96. The summed E-state index contributed by atoms with van der Waals surface area (Å²) < 4.78 is 10.9. The van der Waals surface area contributed by atoms with E-state index in [-0.39, 0.29) is 17.6 Å². The zero-order valence-corrected chi connectivity index (χ0v) is 17.8. The summed E-state index contributed by atoms with van der Waals surface area (Å²) in [6.45, 7) is 4.65. The number of amides is 2. The van der Waals surface area contributed by atoms with Crippen LogP contribution in [-0.4, -0.2) is 35.1 Å². The molecule has 1 unspecified atom stereocenters. The molecule has 3 rings (SSSR count). The number of thioether (sulfide) groups is 1. The van der Waals surface area contributed by atoms with E-state index in [0.717, 1.165) is 5.56 Å². The summed E-state index contributed by atoms with van der Waals surface area (Å²) in [7, 11) is 1.47. The number of esters is 1. The molecule has 0 aromatic heterocycles. The summed E-state index contributed by atoms with van der Waals surface area (Å²) in [6, 6.07) is 12.1. The summed E-state index contributed by atoms with van der Waals surface area (Å²) in [4.78, 5) is 35.8. The highest BCUT2D eigenvalue weighted by atomic mass is 32.2. The molecule has 30 heavy (non-hydrogen) atoms. The Hall–Kier alpha value is -3.33. The first-order chi connectivity index (χ1) is 14.3. The molecule has 1 atom stereocenters. The lowest BCUT2D eigenvalue weighted by atomic mass is 10.1. The molecule has 1 aliphatic rings. The molecule has 0 aliphatic carbocycles. The smallest absolute Gasteiger partial charge is 0.343 e. The number of nitrogens with zero attached hydrogens (tertiary/aromatic N) is 2. The quantitative estimate of drug-likeness (QED) is 0.594. The highest BCUT2D eigenvalue weighted by molar-refractivity contribution is 8.14. The molecule has 0 saturated carbocycles. The zero-order valence-electron chi connectivity index (χ0n) is 17.0. The summed E-state index contributed by atoms with van der Waals surface area (Å²) in [5.41, 5.74) is 2.08. The molecule has 0 radical (unpaired) electrons. The molecule has 0 fully saturated rings. The van der Waals surface area contributed by atoms with Crippen molar-refractivity contribution in [2.75, 3.05) is 7.11 Å². The van der Waals surface area contributed by atoms with Crippen molar-refractivity contribution >= 4 is 34.7 Å². The highest BCUT2D eigenvalue weighted by Gasteiger charge is 2.33. The van der Waals surface area contributed by atoms with Gasteiger partial charge in [0.1, 0.15) is 5.37 Å². The number of rotatable bonds is 4. The van der Waals surface area contributed by atoms with Gasteiger partial charge in [-0.1, -0.05) is 35.5 Å². The highest BCUT2D eigenvalue weighted by Crippen LogP contribution is 2.41. The SMILES string of the molecule is COc1cc(C2SC(NC(C)=O)=NN2C(C)=O)ccc1OC(=O)c1cccc(C)c1. The van der Waals surface area contributed by atoms with Crippen LogP contribution in [-0.2, 0) is 9.59 Å². The molecule has 0 bridgehead atoms. The van der Waals surface area contributed by atoms with E-state index < -0.39 is 11.3 Å². The third-order valence-electron chi connectivity index (χ3n) is 4.18. The van der Waals surface area contributed by atoms with E-state index in [0.29, 0.717) is 22.0 Å². The largest absolute Gasteiger partial charge is 0.493 e. The van der Waals surface area contributed by atoms with Gasteiger partial charge in [0, 0.05) is 13.8 Å². The average molecular weight is 427 g/mol. The Balaban J connectivity index is 1.84. The molecular formula is C21H21N3O5S. The number of carbonyl (C=O) groups is 3. The van der Waals surface area contributed by atoms with Crippen molar-refractivity contribution in [1.82, 2.24) is 10.3 Å². The van der Waals surface area contributed by atoms with Crippen LogP contribution in [0.1, 0.15) is 40.7 Å². The molecule has 0 saturated heterocycles. The van der Waals surface area contributed by atoms with Crippen LogP contribution in [0.2, 0.25) is 0 Å². The van der Waals surface area contributed by atoms with Crippen molar-refractivity contribution in [1.29, 1.82) is 0 Å². The van der Waals surface area contributed by atoms with Crippen LogP contribution in [0.4, 0.5) is 0 Å². The number of nitrogens with one attached hydrogen (secondary N) is 1. The van der Waals surface area contributed by atoms with Gasteiger partial charge in [-0.3, -0.25) is 9.59 Å². The standard InChI is InChI=1S/C21H21N3O5S/c1-12-6-5-7-16(10-12)20(27)29-17-9-8-15(11-18(17)28-4)19-24(14(3)26)23-21(30-19)22-13(2)25/h5-11,19H,1-4H3,(H,22,23,25). The van der Waals surface area contributed by atoms with Crippen molar-refractivity contribution in [2.24, 2.45) is 5.10 Å². The van der Waals surface area contributed by atoms with Crippen LogP contribution in [0, 0.1) is 6.92 Å². The van der Waals surface area contributed by atoms with Gasteiger partial charge in [0.2, 0.25) is 11.8 Å². The number of hydrogen-bond acceptors (Lipinski definition) is 7. The second kappa shape index (κ2) is 9.00. The van der Waals surface area contributed by atoms with Crippen molar-refractivity contribution in [3.05, 3.63) is 59.2 Å². The van der Waals surface area contributed by atoms with E-state index in [1.807, 2.05) is 13.0 Å². The topological polar surface area (TPSA) is 97.3 Å². The number of methoxy groups -OCH3 is 1. The van der Waals surface area contributed by atoms with Gasteiger partial charge < -0.3 is 14.8 Å². The Bertz CT molecular complexity index is 1040. The minimum absolute atomic E-state index is 0.258. The Labute approximate surface area is 178 Å². The third-order valence-corrected chi connectivity index (χ3v) is 5.28. The molecule has 8 nitrogen and oxygen atoms in total. The van der Waals surface area contributed by atoms with Gasteiger partial charge in [-0.2, -0.15) is 0 Å². The predicted molar refractivity (Wildman–Crippen MR) is 113 cm³/mol. The zero-order chi connectivity index (χ0) is 21.8. The number of benzene rings is 2. The second-order valence-electron chi connectivity index (χ2n) is 6.59. The van der Waals surface area contributed by atoms with Crippen molar-refractivity contribution in [2.45, 2.75) is 26.1 Å². The number of hydrogen-bond donors (Lipinski definition) is 1. The van der Waals surface area contributed by atoms with Crippen LogP contribution >= 0.6 is 11.8 Å². The summed E-state index contributed by atoms with van der Waals surface area (Å²) in [5.74, 6) is -0.455. The van der Waals surface area contributed by atoms with E-state index in [9.17, 15) is 14.4 Å². The lowest BCUT2D eigenvalue weighted by molar-refractivity contribution is -0.129. The lowest BCUT2D eigenvalue weighted by Gasteiger charge is -2.20. The maximum atomic E-state index is 12.5. The fourth-order valence-electron chi connectivity index (χ4n) is 2.83. The van der Waals surface area contributed by atoms with Gasteiger partial charge in [-0.05, 0) is 36.8 Å². The van der Waals surface area contributed by atoms with Crippen LogP contribution in [0.25, 0.3) is 0 Å². The van der Waals surface area contributed by atoms with E-state index in [1.165, 1.54) is 37.7 Å². The number of ether oxygens (including phenoxy) is 2. The number of aryl methyl sites for hydroxylation is 1. The molecule has 9 heteroatoms. The van der Waals surface area contributed by atoms with E-state index in [2.05, 4.69) is 10.4 Å². The van der Waals surface area contributed by atoms with Gasteiger partial charge in [0.25, 0.3) is 0 Å². The van der Waals surface area contributed by atoms with Gasteiger partial charge in [-0.25, -0.2) is 9.80 Å². The molecule has 1 N–H and O–H groups in total. The molecule has 0 spiro atoms. The van der Waals surface area contributed by atoms with E-state index in [1.54, 1.807) is 36.4 Å². The van der Waals surface area contributed by atoms with E-state index >= 15 is 0 Å². The normalized spacial score (nSPS) is 15.4. The summed E-state index contributed by atoms with van der Waals surface area (Å²) >= 11 is 1.23. The van der Waals surface area contributed by atoms with Crippen LogP contribution < -0.4 is 14.8 Å².